The molecule has 0 aromatic heterocycles. The second-order valence-corrected chi connectivity index (χ2v) is 4.85. The van der Waals surface area contributed by atoms with Crippen molar-refractivity contribution >= 4 is 17.3 Å². The Morgan fingerprint density at radius 3 is 2.46 bits per heavy atom. The third-order valence-corrected chi connectivity index (χ3v) is 3.14. The first-order chi connectivity index (χ1) is 11.4. The highest BCUT2D eigenvalue weighted by atomic mass is 19.1. The number of rotatable bonds is 6. The number of hydrogen-bond acceptors (Lipinski definition) is 5. The second-order valence-electron chi connectivity index (χ2n) is 4.85. The molecule has 1 N–H and O–H groups in total. The van der Waals surface area contributed by atoms with Crippen molar-refractivity contribution in [3.63, 3.8) is 0 Å². The van der Waals surface area contributed by atoms with Crippen LogP contribution in [0.3, 0.4) is 0 Å². The summed E-state index contributed by atoms with van der Waals surface area (Å²) in [6.45, 7) is 1.48. The average Bonchev–Trinajstić information content (AvgIpc) is 2.56. The minimum Gasteiger partial charge on any atom is -0.493 e. The summed E-state index contributed by atoms with van der Waals surface area (Å²) in [5.74, 6) is -0.565. The van der Waals surface area contributed by atoms with Crippen molar-refractivity contribution in [2.24, 2.45) is 0 Å². The number of nitro benzene ring substituents is 1. The van der Waals surface area contributed by atoms with Gasteiger partial charge in [0.15, 0.2) is 17.6 Å². The molecule has 0 saturated carbocycles. The van der Waals surface area contributed by atoms with Gasteiger partial charge >= 0.3 is 0 Å². The summed E-state index contributed by atoms with van der Waals surface area (Å²) >= 11 is 0. The topological polar surface area (TPSA) is 90.7 Å². The first-order valence-corrected chi connectivity index (χ1v) is 6.96. The van der Waals surface area contributed by atoms with Crippen LogP contribution in [0.1, 0.15) is 6.92 Å². The van der Waals surface area contributed by atoms with Crippen molar-refractivity contribution in [2.45, 2.75) is 13.0 Å². The van der Waals surface area contributed by atoms with Gasteiger partial charge in [-0.1, -0.05) is 0 Å². The van der Waals surface area contributed by atoms with Crippen LogP contribution in [0, 0.1) is 15.9 Å². The van der Waals surface area contributed by atoms with Crippen molar-refractivity contribution in [1.29, 1.82) is 0 Å². The normalized spacial score (nSPS) is 11.5. The van der Waals surface area contributed by atoms with Gasteiger partial charge in [-0.25, -0.2) is 4.39 Å². The number of nitrogens with zero attached hydrogens (tertiary/aromatic N) is 1. The van der Waals surface area contributed by atoms with Gasteiger partial charge in [-0.3, -0.25) is 14.9 Å². The molecule has 1 atom stereocenters. The molecule has 0 aliphatic carbocycles. The Bertz CT molecular complexity index is 749. The number of hydrogen-bond donors (Lipinski definition) is 1. The van der Waals surface area contributed by atoms with E-state index in [0.29, 0.717) is 5.69 Å². The molecule has 2 aromatic carbocycles. The van der Waals surface area contributed by atoms with Crippen LogP contribution in [-0.2, 0) is 4.79 Å². The molecule has 0 fully saturated rings. The number of benzene rings is 2. The van der Waals surface area contributed by atoms with Crippen molar-refractivity contribution < 1.29 is 23.6 Å². The molecule has 2 rings (SSSR count). The number of non-ortho nitro benzene ring substituents is 1. The van der Waals surface area contributed by atoms with E-state index >= 15 is 0 Å². The molecule has 2 aromatic rings. The number of carbonyl (C=O) groups excluding carboxylic acids is 1. The van der Waals surface area contributed by atoms with Crippen LogP contribution in [0.2, 0.25) is 0 Å². The van der Waals surface area contributed by atoms with Gasteiger partial charge in [0.25, 0.3) is 11.6 Å². The molecular weight excluding hydrogens is 319 g/mol. The van der Waals surface area contributed by atoms with Crippen molar-refractivity contribution in [1.82, 2.24) is 0 Å². The van der Waals surface area contributed by atoms with Gasteiger partial charge in [-0.05, 0) is 37.3 Å². The van der Waals surface area contributed by atoms with Crippen LogP contribution < -0.4 is 14.8 Å². The summed E-state index contributed by atoms with van der Waals surface area (Å²) in [5.41, 5.74) is 0.222. The summed E-state index contributed by atoms with van der Waals surface area (Å²) in [6, 6.07) is 9.09. The average molecular weight is 334 g/mol. The number of carbonyl (C=O) groups is 1. The van der Waals surface area contributed by atoms with Crippen LogP contribution in [0.5, 0.6) is 11.5 Å². The lowest BCUT2D eigenvalue weighted by atomic mass is 10.2. The molecule has 0 unspecified atom stereocenters. The quantitative estimate of drug-likeness (QED) is 0.647. The number of nitro groups is 1. The smallest absolute Gasteiger partial charge is 0.273 e. The van der Waals surface area contributed by atoms with Crippen LogP contribution in [-0.4, -0.2) is 24.0 Å². The van der Waals surface area contributed by atoms with E-state index in [2.05, 4.69) is 5.32 Å². The first kappa shape index (κ1) is 17.2. The standard InChI is InChI=1S/C16H15FN2O5/c1-10(16(20)18-12-5-3-11(17)4-6-12)24-15-9-13(19(21)22)7-8-14(15)23-2/h3-10H,1-2H3,(H,18,20)/t10-/m1/s1. The fourth-order valence-electron chi connectivity index (χ4n) is 1.89. The lowest BCUT2D eigenvalue weighted by Crippen LogP contribution is -2.30. The molecular formula is C16H15FN2O5. The third kappa shape index (κ3) is 4.19. The van der Waals surface area contributed by atoms with Gasteiger partial charge in [0.2, 0.25) is 0 Å². The van der Waals surface area contributed by atoms with Gasteiger partial charge < -0.3 is 14.8 Å². The number of anilines is 1. The summed E-state index contributed by atoms with van der Waals surface area (Å²) in [5, 5.41) is 13.4. The number of halogens is 1. The summed E-state index contributed by atoms with van der Waals surface area (Å²) in [7, 11) is 1.39. The maximum atomic E-state index is 12.9. The van der Waals surface area contributed by atoms with Crippen molar-refractivity contribution in [3.05, 3.63) is 58.4 Å². The van der Waals surface area contributed by atoms with Gasteiger partial charge in [0.05, 0.1) is 18.1 Å². The van der Waals surface area contributed by atoms with Crippen LogP contribution in [0.15, 0.2) is 42.5 Å². The monoisotopic (exact) mass is 334 g/mol. The second kappa shape index (κ2) is 7.40. The molecule has 7 nitrogen and oxygen atoms in total. The van der Waals surface area contributed by atoms with Crippen LogP contribution >= 0.6 is 0 Å². The molecule has 0 bridgehead atoms. The number of amides is 1. The summed E-state index contributed by atoms with van der Waals surface area (Å²) in [6.07, 6.45) is -0.953. The Hall–Kier alpha value is -3.16. The van der Waals surface area contributed by atoms with E-state index in [1.165, 1.54) is 56.5 Å². The van der Waals surface area contributed by atoms with Crippen LogP contribution in [0.4, 0.5) is 15.8 Å². The van der Waals surface area contributed by atoms with Gasteiger partial charge in [0, 0.05) is 11.8 Å². The van der Waals surface area contributed by atoms with E-state index in [9.17, 15) is 19.3 Å². The minimum absolute atomic E-state index is 0.0773. The van der Waals surface area contributed by atoms with Crippen molar-refractivity contribution in [2.75, 3.05) is 12.4 Å². The lowest BCUT2D eigenvalue weighted by Gasteiger charge is -2.16. The summed E-state index contributed by atoms with van der Waals surface area (Å²) in [4.78, 5) is 22.4. The zero-order chi connectivity index (χ0) is 17.7. The van der Waals surface area contributed by atoms with E-state index < -0.39 is 22.8 Å². The molecule has 0 aliphatic rings. The van der Waals surface area contributed by atoms with Crippen molar-refractivity contribution in [3.8, 4) is 11.5 Å². The third-order valence-electron chi connectivity index (χ3n) is 3.14. The molecule has 0 heterocycles. The SMILES string of the molecule is COc1ccc([N+](=O)[O-])cc1O[C@H](C)C(=O)Nc1ccc(F)cc1. The summed E-state index contributed by atoms with van der Waals surface area (Å²) < 4.78 is 23.4. The minimum atomic E-state index is -0.953. The largest absolute Gasteiger partial charge is 0.493 e. The fourth-order valence-corrected chi connectivity index (χ4v) is 1.89. The molecule has 8 heteroatoms. The molecule has 0 spiro atoms. The highest BCUT2D eigenvalue weighted by Crippen LogP contribution is 2.32. The fraction of sp³-hybridized carbons (Fsp3) is 0.188. The Morgan fingerprint density at radius 1 is 1.21 bits per heavy atom. The Labute approximate surface area is 137 Å². The molecule has 24 heavy (non-hydrogen) atoms. The highest BCUT2D eigenvalue weighted by Gasteiger charge is 2.19. The zero-order valence-electron chi connectivity index (χ0n) is 13.0. The Morgan fingerprint density at radius 2 is 1.88 bits per heavy atom. The predicted octanol–water partition coefficient (Wildman–Crippen LogP) is 3.15. The first-order valence-electron chi connectivity index (χ1n) is 6.96. The number of methoxy groups -OCH3 is 1. The van der Waals surface area contributed by atoms with E-state index in [1.54, 1.807) is 0 Å². The lowest BCUT2D eigenvalue weighted by molar-refractivity contribution is -0.385. The Kier molecular flexibility index (Phi) is 5.31. The van der Waals surface area contributed by atoms with Crippen LogP contribution in [0.25, 0.3) is 0 Å². The maximum Gasteiger partial charge on any atom is 0.273 e. The Balaban J connectivity index is 2.11. The molecule has 0 saturated heterocycles. The van der Waals surface area contributed by atoms with E-state index in [-0.39, 0.29) is 17.2 Å². The molecule has 0 aliphatic heterocycles. The van der Waals surface area contributed by atoms with Gasteiger partial charge in [0.1, 0.15) is 5.82 Å². The highest BCUT2D eigenvalue weighted by molar-refractivity contribution is 5.94. The predicted molar refractivity (Wildman–Crippen MR) is 84.8 cm³/mol. The number of ether oxygens (including phenoxy) is 2. The maximum absolute atomic E-state index is 12.9. The van der Waals surface area contributed by atoms with E-state index in [1.807, 2.05) is 0 Å². The van der Waals surface area contributed by atoms with Gasteiger partial charge in [-0.2, -0.15) is 0 Å². The molecule has 1 amide bonds. The van der Waals surface area contributed by atoms with E-state index in [0.717, 1.165) is 0 Å². The zero-order valence-corrected chi connectivity index (χ0v) is 13.0. The van der Waals surface area contributed by atoms with Gasteiger partial charge in [-0.15, -0.1) is 0 Å². The molecule has 0 radical (unpaired) electrons. The molecule has 126 valence electrons. The van der Waals surface area contributed by atoms with E-state index in [4.69, 9.17) is 9.47 Å². The number of nitrogens with one attached hydrogen (secondary N) is 1.